The number of likely N-dealkylation sites (N-methyl/N-ethyl adjacent to an activating group) is 1. The molecule has 0 radical (unpaired) electrons. The molecule has 1 atom stereocenters. The third-order valence-electron chi connectivity index (χ3n) is 4.77. The van der Waals surface area contributed by atoms with Gasteiger partial charge in [-0.2, -0.15) is 0 Å². The molecule has 0 aliphatic heterocycles. The molecule has 0 unspecified atom stereocenters. The number of carbonyl (C=O) groups is 3. The van der Waals surface area contributed by atoms with E-state index >= 15 is 0 Å². The normalized spacial score (nSPS) is 20.2. The lowest BCUT2D eigenvalue weighted by Gasteiger charge is -2.44. The number of hydrogen-bond donors (Lipinski definition) is 0. The molecule has 1 saturated carbocycles. The zero-order valence-electron chi connectivity index (χ0n) is 14.7. The van der Waals surface area contributed by atoms with E-state index in [1.165, 1.54) is 4.90 Å². The molecule has 1 fully saturated rings. The van der Waals surface area contributed by atoms with Gasteiger partial charge < -0.3 is 9.64 Å². The molecule has 2 rings (SSSR count). The standard InChI is InChI=1S/C19H24ClNO4/c1-3-25-18(24)12-11-17(23)21(2)19(13-7-6-10-16(19)22)14-8-4-5-9-15(14)20/h4-5,8-9H,3,6-7,10-13H2,1-2H3/t19-/m0/s1. The van der Waals surface area contributed by atoms with Crippen LogP contribution in [0.15, 0.2) is 24.3 Å². The van der Waals surface area contributed by atoms with Gasteiger partial charge in [0.25, 0.3) is 0 Å². The number of halogens is 1. The summed E-state index contributed by atoms with van der Waals surface area (Å²) in [5.41, 5.74) is -0.393. The highest BCUT2D eigenvalue weighted by molar-refractivity contribution is 6.31. The number of Topliss-reactive ketones (excluding diaryl/α,β-unsaturated/α-hetero) is 1. The summed E-state index contributed by atoms with van der Waals surface area (Å²) in [5, 5.41) is 0.475. The Morgan fingerprint density at radius 1 is 1.24 bits per heavy atom. The summed E-state index contributed by atoms with van der Waals surface area (Å²) in [5.74, 6) is -0.673. The topological polar surface area (TPSA) is 63.7 Å². The maximum absolute atomic E-state index is 12.9. The summed E-state index contributed by atoms with van der Waals surface area (Å²) >= 11 is 6.37. The largest absolute Gasteiger partial charge is 0.466 e. The van der Waals surface area contributed by atoms with E-state index in [0.29, 0.717) is 23.4 Å². The molecule has 1 amide bonds. The molecule has 0 bridgehead atoms. The van der Waals surface area contributed by atoms with Crippen LogP contribution >= 0.6 is 11.6 Å². The van der Waals surface area contributed by atoms with Crippen molar-refractivity contribution in [1.29, 1.82) is 0 Å². The van der Waals surface area contributed by atoms with E-state index in [0.717, 1.165) is 12.8 Å². The molecule has 0 aromatic heterocycles. The van der Waals surface area contributed by atoms with E-state index in [2.05, 4.69) is 0 Å². The van der Waals surface area contributed by atoms with Crippen LogP contribution in [-0.2, 0) is 24.7 Å². The van der Waals surface area contributed by atoms with Crippen molar-refractivity contribution in [3.63, 3.8) is 0 Å². The van der Waals surface area contributed by atoms with Crippen molar-refractivity contribution in [2.45, 2.75) is 51.0 Å². The Morgan fingerprint density at radius 3 is 2.60 bits per heavy atom. The Balaban J connectivity index is 2.30. The summed E-state index contributed by atoms with van der Waals surface area (Å²) in [6, 6.07) is 7.16. The second-order valence-corrected chi connectivity index (χ2v) is 6.64. The fourth-order valence-corrected chi connectivity index (χ4v) is 3.74. The molecule has 136 valence electrons. The number of nitrogens with zero attached hydrogens (tertiary/aromatic N) is 1. The second-order valence-electron chi connectivity index (χ2n) is 6.23. The fraction of sp³-hybridized carbons (Fsp3) is 0.526. The van der Waals surface area contributed by atoms with E-state index < -0.39 is 11.5 Å². The SMILES string of the molecule is CCOC(=O)CCC(=O)N(C)[C@]1(c2ccccc2Cl)CCCCC1=O. The van der Waals surface area contributed by atoms with E-state index in [4.69, 9.17) is 16.3 Å². The van der Waals surface area contributed by atoms with Crippen molar-refractivity contribution >= 4 is 29.3 Å². The van der Waals surface area contributed by atoms with Crippen LogP contribution in [0.3, 0.4) is 0 Å². The van der Waals surface area contributed by atoms with Gasteiger partial charge in [-0.15, -0.1) is 0 Å². The third kappa shape index (κ3) is 4.03. The number of rotatable bonds is 6. The lowest BCUT2D eigenvalue weighted by molar-refractivity contribution is -0.150. The van der Waals surface area contributed by atoms with Gasteiger partial charge in [-0.1, -0.05) is 29.8 Å². The molecular formula is C19H24ClNO4. The number of carbonyl (C=O) groups excluding carboxylic acids is 3. The molecule has 1 aromatic rings. The van der Waals surface area contributed by atoms with Crippen LogP contribution in [0, 0.1) is 0 Å². The quantitative estimate of drug-likeness (QED) is 0.724. The number of esters is 1. The van der Waals surface area contributed by atoms with Gasteiger partial charge in [0.05, 0.1) is 13.0 Å². The van der Waals surface area contributed by atoms with Crippen molar-refractivity contribution in [3.05, 3.63) is 34.9 Å². The highest BCUT2D eigenvalue weighted by Gasteiger charge is 2.47. The molecule has 1 aromatic carbocycles. The molecule has 1 aliphatic carbocycles. The first-order chi connectivity index (χ1) is 11.9. The van der Waals surface area contributed by atoms with Crippen molar-refractivity contribution < 1.29 is 19.1 Å². The Bertz CT molecular complexity index is 661. The molecular weight excluding hydrogens is 342 g/mol. The summed E-state index contributed by atoms with van der Waals surface area (Å²) in [6.07, 6.45) is 2.62. The maximum Gasteiger partial charge on any atom is 0.306 e. The van der Waals surface area contributed by atoms with Gasteiger partial charge in [0.15, 0.2) is 5.78 Å². The minimum Gasteiger partial charge on any atom is -0.466 e. The van der Waals surface area contributed by atoms with Crippen LogP contribution in [0.25, 0.3) is 0 Å². The summed E-state index contributed by atoms with van der Waals surface area (Å²) in [4.78, 5) is 38.6. The first-order valence-corrected chi connectivity index (χ1v) is 9.02. The Kier molecular flexibility index (Phi) is 6.59. The average Bonchev–Trinajstić information content (AvgIpc) is 2.60. The molecule has 1 aliphatic rings. The minimum absolute atomic E-state index is 0.00108. The van der Waals surface area contributed by atoms with Gasteiger partial charge in [-0.05, 0) is 32.3 Å². The molecule has 0 saturated heterocycles. The molecule has 6 heteroatoms. The summed E-state index contributed by atoms with van der Waals surface area (Å²) in [6.45, 7) is 2.00. The predicted molar refractivity (Wildman–Crippen MR) is 95.2 cm³/mol. The fourth-order valence-electron chi connectivity index (χ4n) is 3.45. The highest BCUT2D eigenvalue weighted by atomic mass is 35.5. The van der Waals surface area contributed by atoms with E-state index in [1.54, 1.807) is 32.2 Å². The van der Waals surface area contributed by atoms with Crippen LogP contribution in [0.2, 0.25) is 5.02 Å². The van der Waals surface area contributed by atoms with Gasteiger partial charge in [0.1, 0.15) is 5.54 Å². The molecule has 0 spiro atoms. The van der Waals surface area contributed by atoms with Crippen LogP contribution in [0.5, 0.6) is 0 Å². The van der Waals surface area contributed by atoms with Gasteiger partial charge in [0.2, 0.25) is 5.91 Å². The minimum atomic E-state index is -1.05. The van der Waals surface area contributed by atoms with Gasteiger partial charge >= 0.3 is 5.97 Å². The lowest BCUT2D eigenvalue weighted by Crippen LogP contribution is -2.54. The maximum atomic E-state index is 12.9. The Hall–Kier alpha value is -1.88. The number of ether oxygens (including phenoxy) is 1. The van der Waals surface area contributed by atoms with Crippen molar-refractivity contribution in [1.82, 2.24) is 4.90 Å². The lowest BCUT2D eigenvalue weighted by atomic mass is 9.74. The van der Waals surface area contributed by atoms with Crippen LogP contribution in [-0.4, -0.2) is 36.2 Å². The van der Waals surface area contributed by atoms with Gasteiger partial charge in [0, 0.05) is 30.5 Å². The number of benzene rings is 1. The average molecular weight is 366 g/mol. The van der Waals surface area contributed by atoms with Crippen LogP contribution < -0.4 is 0 Å². The first kappa shape index (κ1) is 19.4. The van der Waals surface area contributed by atoms with Crippen LogP contribution in [0.1, 0.15) is 51.0 Å². The van der Waals surface area contributed by atoms with E-state index in [9.17, 15) is 14.4 Å². The zero-order chi connectivity index (χ0) is 18.4. The van der Waals surface area contributed by atoms with E-state index in [1.807, 2.05) is 6.07 Å². The molecule has 0 N–H and O–H groups in total. The van der Waals surface area contributed by atoms with Gasteiger partial charge in [-0.25, -0.2) is 0 Å². The zero-order valence-corrected chi connectivity index (χ0v) is 15.5. The monoisotopic (exact) mass is 365 g/mol. The molecule has 5 nitrogen and oxygen atoms in total. The Morgan fingerprint density at radius 2 is 1.96 bits per heavy atom. The van der Waals surface area contributed by atoms with Crippen molar-refractivity contribution in [3.8, 4) is 0 Å². The number of hydrogen-bond acceptors (Lipinski definition) is 4. The van der Waals surface area contributed by atoms with Crippen molar-refractivity contribution in [2.75, 3.05) is 13.7 Å². The number of ketones is 1. The summed E-state index contributed by atoms with van der Waals surface area (Å²) in [7, 11) is 1.63. The number of amides is 1. The summed E-state index contributed by atoms with van der Waals surface area (Å²) < 4.78 is 4.87. The predicted octanol–water partition coefficient (Wildman–Crippen LogP) is 3.48. The van der Waals surface area contributed by atoms with Crippen molar-refractivity contribution in [2.24, 2.45) is 0 Å². The molecule has 25 heavy (non-hydrogen) atoms. The second kappa shape index (κ2) is 8.48. The van der Waals surface area contributed by atoms with E-state index in [-0.39, 0.29) is 31.1 Å². The van der Waals surface area contributed by atoms with Crippen LogP contribution in [0.4, 0.5) is 0 Å². The smallest absolute Gasteiger partial charge is 0.306 e. The third-order valence-corrected chi connectivity index (χ3v) is 5.10. The Labute approximate surface area is 153 Å². The first-order valence-electron chi connectivity index (χ1n) is 8.64. The van der Waals surface area contributed by atoms with Gasteiger partial charge in [-0.3, -0.25) is 14.4 Å². The molecule has 0 heterocycles. The highest BCUT2D eigenvalue weighted by Crippen LogP contribution is 2.42.